The van der Waals surface area contributed by atoms with Crippen molar-refractivity contribution < 1.29 is 45.8 Å². The summed E-state index contributed by atoms with van der Waals surface area (Å²) in [7, 11) is 0. The van der Waals surface area contributed by atoms with Gasteiger partial charge in [0.1, 0.15) is 5.75 Å². The van der Waals surface area contributed by atoms with Gasteiger partial charge < -0.3 is 14.7 Å². The topological polar surface area (TPSA) is 66.8 Å². The number of carbonyl (C=O) groups is 2. The molecule has 0 saturated carbocycles. The number of para-hydroxylation sites is 1. The van der Waals surface area contributed by atoms with Crippen molar-refractivity contribution in [3.63, 3.8) is 0 Å². The Bertz CT molecular complexity index is 687. The molecule has 1 aromatic rings. The molecule has 1 N–H and O–H groups in total. The number of hydrogen-bond acceptors (Lipinski definition) is 3. The molecule has 1 fully saturated rings. The number of halogens is 6. The van der Waals surface area contributed by atoms with Gasteiger partial charge in [-0.25, -0.2) is 0 Å². The molecule has 144 valence electrons. The fraction of sp³-hybridized carbons (Fsp3) is 0.467. The summed E-state index contributed by atoms with van der Waals surface area (Å²) in [6.45, 7) is -2.52. The van der Waals surface area contributed by atoms with Gasteiger partial charge in [-0.3, -0.25) is 9.59 Å². The van der Waals surface area contributed by atoms with Gasteiger partial charge in [0, 0.05) is 13.1 Å². The van der Waals surface area contributed by atoms with Crippen LogP contribution >= 0.6 is 0 Å². The highest BCUT2D eigenvalue weighted by Gasteiger charge is 2.53. The third-order valence-corrected chi connectivity index (χ3v) is 3.95. The lowest BCUT2D eigenvalue weighted by Crippen LogP contribution is -2.35. The van der Waals surface area contributed by atoms with Gasteiger partial charge in [0.2, 0.25) is 0 Å². The van der Waals surface area contributed by atoms with Crippen LogP contribution in [0.1, 0.15) is 5.56 Å². The first-order chi connectivity index (χ1) is 11.9. The Morgan fingerprint density at radius 3 is 2.23 bits per heavy atom. The largest absolute Gasteiger partial charge is 0.483 e. The maximum atomic E-state index is 12.9. The van der Waals surface area contributed by atoms with Crippen LogP contribution in [0.4, 0.5) is 26.3 Å². The summed E-state index contributed by atoms with van der Waals surface area (Å²) in [6, 6.07) is 4.06. The highest BCUT2D eigenvalue weighted by molar-refractivity contribution is 5.80. The number of amides is 1. The monoisotopic (exact) mass is 385 g/mol. The van der Waals surface area contributed by atoms with E-state index in [1.54, 1.807) is 0 Å². The second-order valence-corrected chi connectivity index (χ2v) is 5.67. The zero-order valence-corrected chi connectivity index (χ0v) is 13.0. The molecule has 1 aromatic carbocycles. The van der Waals surface area contributed by atoms with Crippen molar-refractivity contribution in [2.45, 2.75) is 12.4 Å². The molecule has 0 radical (unpaired) electrons. The standard InChI is InChI=1S/C15H13F6NO4/c16-14(17,18)9-3-1-2-4-11(9)26-7-12(23)22-5-8(13(24)25)10(6-22)15(19,20)21/h1-4,8,10H,5-7H2,(H,24,25)/t8-,10-/m1/s1. The average molecular weight is 385 g/mol. The van der Waals surface area contributed by atoms with E-state index in [2.05, 4.69) is 0 Å². The van der Waals surface area contributed by atoms with Crippen LogP contribution < -0.4 is 4.74 Å². The summed E-state index contributed by atoms with van der Waals surface area (Å²) in [5.41, 5.74) is -1.13. The van der Waals surface area contributed by atoms with Gasteiger partial charge in [-0.05, 0) is 12.1 Å². The molecular formula is C15H13F6NO4. The molecular weight excluding hydrogens is 372 g/mol. The van der Waals surface area contributed by atoms with Crippen molar-refractivity contribution in [1.82, 2.24) is 4.90 Å². The van der Waals surface area contributed by atoms with Crippen molar-refractivity contribution in [2.24, 2.45) is 11.8 Å². The number of carboxylic acid groups (broad SMARTS) is 1. The van der Waals surface area contributed by atoms with Gasteiger partial charge in [-0.1, -0.05) is 12.1 Å². The molecule has 5 nitrogen and oxygen atoms in total. The number of nitrogens with zero attached hydrogens (tertiary/aromatic N) is 1. The van der Waals surface area contributed by atoms with E-state index in [-0.39, 0.29) is 0 Å². The Labute approximate surface area is 143 Å². The number of benzene rings is 1. The van der Waals surface area contributed by atoms with E-state index in [0.717, 1.165) is 18.2 Å². The second kappa shape index (κ2) is 7.04. The second-order valence-electron chi connectivity index (χ2n) is 5.67. The van der Waals surface area contributed by atoms with Crippen LogP contribution in [0.2, 0.25) is 0 Å². The number of aliphatic carboxylic acids is 1. The maximum absolute atomic E-state index is 12.9. The smallest absolute Gasteiger partial charge is 0.419 e. The van der Waals surface area contributed by atoms with Crippen LogP contribution in [0.15, 0.2) is 24.3 Å². The van der Waals surface area contributed by atoms with E-state index in [1.807, 2.05) is 0 Å². The molecule has 2 atom stereocenters. The van der Waals surface area contributed by atoms with E-state index in [9.17, 15) is 35.9 Å². The Kier molecular flexibility index (Phi) is 5.38. The number of hydrogen-bond donors (Lipinski definition) is 1. The van der Waals surface area contributed by atoms with Crippen molar-refractivity contribution in [3.8, 4) is 5.75 Å². The van der Waals surface area contributed by atoms with Gasteiger partial charge in [-0.2, -0.15) is 26.3 Å². The lowest BCUT2D eigenvalue weighted by atomic mass is 9.96. The quantitative estimate of drug-likeness (QED) is 0.810. The number of alkyl halides is 6. The molecule has 0 aromatic heterocycles. The van der Waals surface area contributed by atoms with Crippen LogP contribution in [0, 0.1) is 11.8 Å². The molecule has 0 unspecified atom stereocenters. The molecule has 2 rings (SSSR count). The van der Waals surface area contributed by atoms with E-state index in [4.69, 9.17) is 9.84 Å². The molecule has 0 bridgehead atoms. The van der Waals surface area contributed by atoms with Crippen molar-refractivity contribution in [3.05, 3.63) is 29.8 Å². The molecule has 1 saturated heterocycles. The predicted octanol–water partition coefficient (Wildman–Crippen LogP) is 2.81. The van der Waals surface area contributed by atoms with Crippen LogP contribution in [-0.2, 0) is 15.8 Å². The van der Waals surface area contributed by atoms with Crippen molar-refractivity contribution in [2.75, 3.05) is 19.7 Å². The number of rotatable bonds is 4. The molecule has 1 aliphatic heterocycles. The summed E-state index contributed by atoms with van der Waals surface area (Å²) in [4.78, 5) is 23.6. The van der Waals surface area contributed by atoms with Crippen molar-refractivity contribution >= 4 is 11.9 Å². The summed E-state index contributed by atoms with van der Waals surface area (Å²) in [5, 5.41) is 8.89. The van der Waals surface area contributed by atoms with Crippen LogP contribution in [0.5, 0.6) is 5.75 Å². The van der Waals surface area contributed by atoms with E-state index in [0.29, 0.717) is 4.90 Å². The Balaban J connectivity index is 2.07. The molecule has 1 aliphatic rings. The van der Waals surface area contributed by atoms with E-state index < -0.39 is 67.1 Å². The summed E-state index contributed by atoms with van der Waals surface area (Å²) >= 11 is 0. The zero-order valence-electron chi connectivity index (χ0n) is 13.0. The van der Waals surface area contributed by atoms with Crippen LogP contribution in [0.3, 0.4) is 0 Å². The predicted molar refractivity (Wildman–Crippen MR) is 74.2 cm³/mol. The fourth-order valence-electron chi connectivity index (χ4n) is 2.65. The zero-order chi connectivity index (χ0) is 19.7. The van der Waals surface area contributed by atoms with Gasteiger partial charge in [-0.15, -0.1) is 0 Å². The summed E-state index contributed by atoms with van der Waals surface area (Å²) in [5.74, 6) is -7.45. The van der Waals surface area contributed by atoms with Crippen molar-refractivity contribution in [1.29, 1.82) is 0 Å². The normalized spacial score (nSPS) is 20.9. The summed E-state index contributed by atoms with van der Waals surface area (Å²) in [6.07, 6.45) is -9.55. The lowest BCUT2D eigenvalue weighted by Gasteiger charge is -2.19. The SMILES string of the molecule is O=C(O)[C@@H]1CN(C(=O)COc2ccccc2C(F)(F)F)C[C@H]1C(F)(F)F. The molecule has 1 heterocycles. The Morgan fingerprint density at radius 2 is 1.73 bits per heavy atom. The minimum absolute atomic E-state index is 0.632. The van der Waals surface area contributed by atoms with E-state index >= 15 is 0 Å². The van der Waals surface area contributed by atoms with Crippen LogP contribution in [-0.4, -0.2) is 47.8 Å². The molecule has 0 spiro atoms. The third kappa shape index (κ3) is 4.38. The Morgan fingerprint density at radius 1 is 1.12 bits per heavy atom. The Hall–Kier alpha value is -2.46. The minimum atomic E-state index is -4.82. The number of ether oxygens (including phenoxy) is 1. The first-order valence-corrected chi connectivity index (χ1v) is 7.27. The van der Waals surface area contributed by atoms with E-state index in [1.165, 1.54) is 6.07 Å². The molecule has 1 amide bonds. The highest BCUT2D eigenvalue weighted by atomic mass is 19.4. The van der Waals surface area contributed by atoms with Gasteiger partial charge in [0.15, 0.2) is 6.61 Å². The first-order valence-electron chi connectivity index (χ1n) is 7.27. The van der Waals surface area contributed by atoms with Gasteiger partial charge >= 0.3 is 18.3 Å². The average Bonchev–Trinajstić information content (AvgIpc) is 2.98. The molecule has 0 aliphatic carbocycles. The lowest BCUT2D eigenvalue weighted by molar-refractivity contribution is -0.188. The van der Waals surface area contributed by atoms with Crippen LogP contribution in [0.25, 0.3) is 0 Å². The number of carbonyl (C=O) groups excluding carboxylic acids is 1. The van der Waals surface area contributed by atoms with Gasteiger partial charge in [0.25, 0.3) is 5.91 Å². The molecule has 26 heavy (non-hydrogen) atoms. The maximum Gasteiger partial charge on any atom is 0.419 e. The summed E-state index contributed by atoms with van der Waals surface area (Å²) < 4.78 is 82.0. The first kappa shape index (κ1) is 19.9. The minimum Gasteiger partial charge on any atom is -0.483 e. The molecule has 11 heteroatoms. The third-order valence-electron chi connectivity index (χ3n) is 3.95. The highest BCUT2D eigenvalue weighted by Crippen LogP contribution is 2.38. The number of likely N-dealkylation sites (tertiary alicyclic amines) is 1. The van der Waals surface area contributed by atoms with Gasteiger partial charge in [0.05, 0.1) is 17.4 Å². The number of carboxylic acids is 1. The fourth-order valence-corrected chi connectivity index (χ4v) is 2.65.